The second-order valence-corrected chi connectivity index (χ2v) is 2.13. The summed E-state index contributed by atoms with van der Waals surface area (Å²) in [6.07, 6.45) is -5.30. The number of hydrogen-bond donors (Lipinski definition) is 0. The topological polar surface area (TPSA) is 9.23 Å². The van der Waals surface area contributed by atoms with Crippen LogP contribution in [0, 0.1) is 0 Å². The van der Waals surface area contributed by atoms with Crippen LogP contribution in [-0.4, -0.2) is 18.9 Å². The van der Waals surface area contributed by atoms with Crippen LogP contribution < -0.4 is 0 Å². The molecule has 0 aliphatic carbocycles. The molecule has 0 fully saturated rings. The van der Waals surface area contributed by atoms with Crippen molar-refractivity contribution in [2.24, 2.45) is 0 Å². The Morgan fingerprint density at radius 3 is 1.83 bits per heavy atom. The van der Waals surface area contributed by atoms with Crippen molar-refractivity contribution in [1.29, 1.82) is 0 Å². The van der Waals surface area contributed by atoms with Gasteiger partial charge in [-0.25, -0.2) is 4.39 Å². The molecule has 0 aromatic carbocycles. The lowest BCUT2D eigenvalue weighted by atomic mass is 10.1. The van der Waals surface area contributed by atoms with Gasteiger partial charge >= 0.3 is 12.0 Å². The lowest BCUT2D eigenvalue weighted by Crippen LogP contribution is -2.44. The highest BCUT2D eigenvalue weighted by Crippen LogP contribution is 2.39. The number of rotatable bonds is 3. The molecule has 0 aromatic rings. The van der Waals surface area contributed by atoms with E-state index in [1.807, 2.05) is 0 Å². The first-order valence-corrected chi connectivity index (χ1v) is 2.87. The van der Waals surface area contributed by atoms with E-state index < -0.39 is 24.5 Å². The normalized spacial score (nSPS) is 17.2. The molecule has 6 heteroatoms. The van der Waals surface area contributed by atoms with Gasteiger partial charge in [0.05, 0.1) is 0 Å². The molecule has 72 valence electrons. The van der Waals surface area contributed by atoms with Crippen LogP contribution in [0.5, 0.6) is 0 Å². The first-order chi connectivity index (χ1) is 5.25. The molecule has 0 heterocycles. The summed E-state index contributed by atoms with van der Waals surface area (Å²) in [7, 11) is 0. The molecule has 0 saturated heterocycles. The lowest BCUT2D eigenvalue weighted by Gasteiger charge is -2.26. The zero-order valence-electron chi connectivity index (χ0n) is 6.21. The van der Waals surface area contributed by atoms with Crippen LogP contribution in [0.15, 0.2) is 12.2 Å². The molecule has 1 unspecified atom stereocenters. The third-order valence-corrected chi connectivity index (χ3v) is 1.17. The molecule has 0 aliphatic rings. The Hall–Kier alpha value is -0.650. The van der Waals surface area contributed by atoms with E-state index in [4.69, 9.17) is 0 Å². The molecular weight excluding hydrogens is 183 g/mol. The summed E-state index contributed by atoms with van der Waals surface area (Å²) < 4.78 is 62.9. The van der Waals surface area contributed by atoms with Gasteiger partial charge in [-0.3, -0.25) is 0 Å². The molecule has 1 nitrogen and oxygen atoms in total. The maximum absolute atomic E-state index is 12.7. The molecule has 1 atom stereocenters. The number of hydrogen-bond acceptors (Lipinski definition) is 1. The van der Waals surface area contributed by atoms with E-state index in [9.17, 15) is 22.0 Å². The van der Waals surface area contributed by atoms with E-state index in [1.165, 1.54) is 0 Å². The second-order valence-electron chi connectivity index (χ2n) is 2.13. The Bertz CT molecular complexity index is 175. The summed E-state index contributed by atoms with van der Waals surface area (Å²) in [6.45, 7) is 1.63. The Labute approximate surface area is 65.8 Å². The summed E-state index contributed by atoms with van der Waals surface area (Å²) in [5.74, 6) is -4.08. The van der Waals surface area contributed by atoms with E-state index in [2.05, 4.69) is 11.3 Å². The summed E-state index contributed by atoms with van der Waals surface area (Å²) in [4.78, 5) is 0. The largest absolute Gasteiger partial charge is 0.452 e. The molecule has 0 aromatic heterocycles. The van der Waals surface area contributed by atoms with Crippen LogP contribution in [0.3, 0.4) is 0 Å². The van der Waals surface area contributed by atoms with Gasteiger partial charge in [0.15, 0.2) is 6.86 Å². The van der Waals surface area contributed by atoms with Gasteiger partial charge in [-0.2, -0.15) is 17.6 Å². The molecule has 0 rings (SSSR count). The summed E-state index contributed by atoms with van der Waals surface area (Å²) in [6, 6.07) is 0. The minimum Gasteiger partial charge on any atom is -0.304 e. The molecule has 0 aliphatic heterocycles. The highest BCUT2D eigenvalue weighted by Gasteiger charge is 2.58. The summed E-state index contributed by atoms with van der Waals surface area (Å²) in [5, 5.41) is 0. The number of halogens is 5. The summed E-state index contributed by atoms with van der Waals surface area (Å²) in [5.41, 5.74) is -0.937. The van der Waals surface area contributed by atoms with Crippen molar-refractivity contribution in [1.82, 2.24) is 0 Å². The zero-order chi connectivity index (χ0) is 9.99. The van der Waals surface area contributed by atoms with Gasteiger partial charge < -0.3 is 4.74 Å². The fourth-order valence-electron chi connectivity index (χ4n) is 0.522. The first kappa shape index (κ1) is 11.4. The van der Waals surface area contributed by atoms with Crippen LogP contribution in [0.1, 0.15) is 6.92 Å². The van der Waals surface area contributed by atoms with Crippen molar-refractivity contribution in [3.05, 3.63) is 12.2 Å². The van der Waals surface area contributed by atoms with Crippen LogP contribution >= 0.6 is 0 Å². The van der Waals surface area contributed by atoms with Gasteiger partial charge in [0.25, 0.3) is 0 Å². The van der Waals surface area contributed by atoms with Gasteiger partial charge in [-0.1, -0.05) is 6.58 Å². The van der Waals surface area contributed by atoms with E-state index in [0.717, 1.165) is 6.92 Å². The van der Waals surface area contributed by atoms with Gasteiger partial charge in [0.1, 0.15) is 0 Å². The predicted molar refractivity (Wildman–Crippen MR) is 31.8 cm³/mol. The molecule has 0 bridgehead atoms. The standard InChI is InChI=1S/C6H7F5O/c1-4(2)5(8,12-3-7)6(9,10)11/h1,3H2,2H3. The lowest BCUT2D eigenvalue weighted by molar-refractivity contribution is -0.322. The van der Waals surface area contributed by atoms with E-state index in [1.54, 1.807) is 0 Å². The van der Waals surface area contributed by atoms with Gasteiger partial charge in [-0.15, -0.1) is 0 Å². The van der Waals surface area contributed by atoms with Crippen molar-refractivity contribution in [2.45, 2.75) is 19.0 Å². The SMILES string of the molecule is C=C(C)C(F)(OCF)C(F)(F)F. The average Bonchev–Trinajstić information content (AvgIpc) is 1.85. The van der Waals surface area contributed by atoms with Crippen LogP contribution in [-0.2, 0) is 4.74 Å². The van der Waals surface area contributed by atoms with Crippen molar-refractivity contribution >= 4 is 0 Å². The van der Waals surface area contributed by atoms with E-state index in [-0.39, 0.29) is 0 Å². The third-order valence-electron chi connectivity index (χ3n) is 1.17. The Kier molecular flexibility index (Phi) is 3.20. The van der Waals surface area contributed by atoms with Gasteiger partial charge in [0.2, 0.25) is 0 Å². The fraction of sp³-hybridized carbons (Fsp3) is 0.667. The molecule has 0 spiro atoms. The van der Waals surface area contributed by atoms with Crippen molar-refractivity contribution in [3.63, 3.8) is 0 Å². The number of alkyl halides is 5. The van der Waals surface area contributed by atoms with E-state index in [0.29, 0.717) is 0 Å². The van der Waals surface area contributed by atoms with Crippen LogP contribution in [0.25, 0.3) is 0 Å². The quantitative estimate of drug-likeness (QED) is 0.491. The van der Waals surface area contributed by atoms with Crippen molar-refractivity contribution in [2.75, 3.05) is 6.86 Å². The maximum atomic E-state index is 12.7. The Balaban J connectivity index is 4.75. The highest BCUT2D eigenvalue weighted by molar-refractivity contribution is 5.08. The molecule has 0 N–H and O–H groups in total. The maximum Gasteiger partial charge on any atom is 0.452 e. The van der Waals surface area contributed by atoms with Crippen molar-refractivity contribution < 1.29 is 26.7 Å². The third kappa shape index (κ3) is 1.94. The molecule has 12 heavy (non-hydrogen) atoms. The Morgan fingerprint density at radius 2 is 1.75 bits per heavy atom. The minimum atomic E-state index is -5.30. The first-order valence-electron chi connectivity index (χ1n) is 2.87. The molecule has 0 saturated carbocycles. The van der Waals surface area contributed by atoms with Crippen LogP contribution in [0.4, 0.5) is 22.0 Å². The van der Waals surface area contributed by atoms with Crippen LogP contribution in [0.2, 0.25) is 0 Å². The Morgan fingerprint density at radius 1 is 1.33 bits per heavy atom. The molecule has 0 radical (unpaired) electrons. The highest BCUT2D eigenvalue weighted by atomic mass is 19.4. The minimum absolute atomic E-state index is 0.767. The van der Waals surface area contributed by atoms with Gasteiger partial charge in [0, 0.05) is 0 Å². The van der Waals surface area contributed by atoms with E-state index >= 15 is 0 Å². The van der Waals surface area contributed by atoms with Crippen molar-refractivity contribution in [3.8, 4) is 0 Å². The zero-order valence-corrected chi connectivity index (χ0v) is 6.21. The number of ether oxygens (including phenoxy) is 1. The average molecular weight is 190 g/mol. The monoisotopic (exact) mass is 190 g/mol. The molecule has 0 amide bonds. The summed E-state index contributed by atoms with van der Waals surface area (Å²) >= 11 is 0. The smallest absolute Gasteiger partial charge is 0.304 e. The van der Waals surface area contributed by atoms with Gasteiger partial charge in [-0.05, 0) is 12.5 Å². The molecular formula is C6H7F5O. The predicted octanol–water partition coefficient (Wildman–Crippen LogP) is 2.73. The second kappa shape index (κ2) is 3.38. The fourth-order valence-corrected chi connectivity index (χ4v) is 0.522.